The van der Waals surface area contributed by atoms with E-state index in [-0.39, 0.29) is 11.3 Å². The Balaban J connectivity index is 1.88. The number of phenolic OH excluding ortho intramolecular Hbond substituents is 1. The number of benzene rings is 1. The van der Waals surface area contributed by atoms with Gasteiger partial charge in [0.25, 0.3) is 0 Å². The van der Waals surface area contributed by atoms with Gasteiger partial charge < -0.3 is 14.6 Å². The predicted octanol–water partition coefficient (Wildman–Crippen LogP) is 7.82. The molecule has 1 aromatic rings. The lowest BCUT2D eigenvalue weighted by Gasteiger charge is -2.08. The predicted molar refractivity (Wildman–Crippen MR) is 124 cm³/mol. The Morgan fingerprint density at radius 2 is 1.23 bits per heavy atom. The minimum absolute atomic E-state index is 0.105. The summed E-state index contributed by atoms with van der Waals surface area (Å²) in [7, 11) is 1.30. The van der Waals surface area contributed by atoms with E-state index in [2.05, 4.69) is 11.7 Å². The number of ether oxygens (including phenoxy) is 2. The van der Waals surface area contributed by atoms with Crippen LogP contribution in [0.4, 0.5) is 0 Å². The maximum Gasteiger partial charge on any atom is 0.341 e. The van der Waals surface area contributed by atoms with Gasteiger partial charge in [-0.15, -0.1) is 0 Å². The molecule has 4 nitrogen and oxygen atoms in total. The van der Waals surface area contributed by atoms with Gasteiger partial charge in [0, 0.05) is 6.07 Å². The highest BCUT2D eigenvalue weighted by molar-refractivity contribution is 5.92. The fraction of sp³-hybridized carbons (Fsp3) is 0.731. The third kappa shape index (κ3) is 12.8. The topological polar surface area (TPSA) is 55.8 Å². The van der Waals surface area contributed by atoms with Crippen molar-refractivity contribution in [2.45, 2.75) is 110 Å². The highest BCUT2D eigenvalue weighted by Gasteiger charge is 2.11. The highest BCUT2D eigenvalue weighted by Crippen LogP contribution is 2.24. The van der Waals surface area contributed by atoms with Crippen molar-refractivity contribution in [1.29, 1.82) is 0 Å². The second kappa shape index (κ2) is 18.1. The van der Waals surface area contributed by atoms with Gasteiger partial charge in [0.2, 0.25) is 0 Å². The average molecular weight is 421 g/mol. The van der Waals surface area contributed by atoms with Crippen LogP contribution >= 0.6 is 0 Å². The van der Waals surface area contributed by atoms with Gasteiger partial charge in [-0.3, -0.25) is 0 Å². The van der Waals surface area contributed by atoms with Crippen LogP contribution in [0.3, 0.4) is 0 Å². The van der Waals surface area contributed by atoms with Crippen LogP contribution in [0.1, 0.15) is 120 Å². The van der Waals surface area contributed by atoms with Crippen LogP contribution in [0.25, 0.3) is 0 Å². The lowest BCUT2D eigenvalue weighted by Crippen LogP contribution is -2.02. The number of methoxy groups -OCH3 is 1. The monoisotopic (exact) mass is 420 g/mol. The Hall–Kier alpha value is -1.71. The first-order chi connectivity index (χ1) is 14.7. The molecule has 172 valence electrons. The molecule has 30 heavy (non-hydrogen) atoms. The summed E-state index contributed by atoms with van der Waals surface area (Å²) in [6, 6.07) is 4.70. The Labute approximate surface area is 184 Å². The number of hydrogen-bond donors (Lipinski definition) is 1. The van der Waals surface area contributed by atoms with E-state index in [0.717, 1.165) is 6.42 Å². The summed E-state index contributed by atoms with van der Waals surface area (Å²) in [6.45, 7) is 2.91. The Morgan fingerprint density at radius 3 is 1.67 bits per heavy atom. The molecule has 0 fully saturated rings. The molecule has 0 unspecified atom stereocenters. The molecule has 0 aliphatic rings. The van der Waals surface area contributed by atoms with Crippen LogP contribution in [0.5, 0.6) is 11.5 Å². The van der Waals surface area contributed by atoms with Crippen molar-refractivity contribution < 1.29 is 19.4 Å². The van der Waals surface area contributed by atoms with Crippen molar-refractivity contribution >= 4 is 5.97 Å². The molecule has 1 N–H and O–H groups in total. The largest absolute Gasteiger partial charge is 0.507 e. The zero-order chi connectivity index (χ0) is 21.9. The molecule has 0 aromatic heterocycles. The van der Waals surface area contributed by atoms with Crippen molar-refractivity contribution in [3.05, 3.63) is 23.8 Å². The van der Waals surface area contributed by atoms with Gasteiger partial charge in [-0.2, -0.15) is 0 Å². The molecular weight excluding hydrogens is 376 g/mol. The van der Waals surface area contributed by atoms with E-state index in [1.54, 1.807) is 6.07 Å². The summed E-state index contributed by atoms with van der Waals surface area (Å²) in [5.41, 5.74) is 0.159. The molecule has 0 saturated heterocycles. The highest BCUT2D eigenvalue weighted by atomic mass is 16.5. The summed E-state index contributed by atoms with van der Waals surface area (Å²) in [6.07, 6.45) is 21.6. The van der Waals surface area contributed by atoms with E-state index in [0.29, 0.717) is 12.4 Å². The van der Waals surface area contributed by atoms with Crippen LogP contribution in [0, 0.1) is 0 Å². The zero-order valence-corrected chi connectivity index (χ0v) is 19.4. The van der Waals surface area contributed by atoms with Crippen molar-refractivity contribution in [3.8, 4) is 11.5 Å². The standard InChI is InChI=1S/C26H44O4/c1-3-4-5-6-7-8-9-10-11-12-13-14-15-16-17-18-21-30-23-19-20-24(25(27)22-23)26(28)29-2/h19-20,22,27H,3-18,21H2,1-2H3. The van der Waals surface area contributed by atoms with Crippen molar-refractivity contribution in [2.24, 2.45) is 0 Å². The van der Waals surface area contributed by atoms with Crippen molar-refractivity contribution in [1.82, 2.24) is 0 Å². The van der Waals surface area contributed by atoms with Gasteiger partial charge in [0.15, 0.2) is 0 Å². The number of carbonyl (C=O) groups excluding carboxylic acids is 1. The van der Waals surface area contributed by atoms with Gasteiger partial charge in [0.1, 0.15) is 17.1 Å². The quantitative estimate of drug-likeness (QED) is 0.183. The molecule has 0 radical (unpaired) electrons. The van der Waals surface area contributed by atoms with E-state index < -0.39 is 5.97 Å². The number of carbonyl (C=O) groups is 1. The molecule has 1 aromatic carbocycles. The molecular formula is C26H44O4. The molecule has 1 rings (SSSR count). The third-order valence-corrected chi connectivity index (χ3v) is 5.64. The molecule has 4 heteroatoms. The summed E-state index contributed by atoms with van der Waals surface area (Å²) in [5.74, 6) is -0.0655. The first-order valence-corrected chi connectivity index (χ1v) is 12.2. The van der Waals surface area contributed by atoms with Crippen LogP contribution in [0.15, 0.2) is 18.2 Å². The molecule has 0 aliphatic heterocycles. The maximum absolute atomic E-state index is 11.4. The van der Waals surface area contributed by atoms with Crippen molar-refractivity contribution in [2.75, 3.05) is 13.7 Å². The van der Waals surface area contributed by atoms with E-state index in [1.165, 1.54) is 116 Å². The molecule has 0 saturated carbocycles. The van der Waals surface area contributed by atoms with E-state index in [1.807, 2.05) is 0 Å². The van der Waals surface area contributed by atoms with Crippen LogP contribution < -0.4 is 4.74 Å². The Kier molecular flexibility index (Phi) is 15.9. The van der Waals surface area contributed by atoms with Gasteiger partial charge in [-0.1, -0.05) is 103 Å². The summed E-state index contributed by atoms with van der Waals surface area (Å²) in [4.78, 5) is 11.4. The second-order valence-electron chi connectivity index (χ2n) is 8.32. The van der Waals surface area contributed by atoms with Crippen LogP contribution in [0.2, 0.25) is 0 Å². The Morgan fingerprint density at radius 1 is 0.767 bits per heavy atom. The minimum Gasteiger partial charge on any atom is -0.507 e. The molecule has 0 aliphatic carbocycles. The molecule has 0 heterocycles. The third-order valence-electron chi connectivity index (χ3n) is 5.64. The normalized spacial score (nSPS) is 10.9. The minimum atomic E-state index is -0.545. The van der Waals surface area contributed by atoms with E-state index in [9.17, 15) is 9.90 Å². The van der Waals surface area contributed by atoms with Gasteiger partial charge in [-0.25, -0.2) is 4.79 Å². The number of unbranched alkanes of at least 4 members (excludes halogenated alkanes) is 15. The van der Waals surface area contributed by atoms with Crippen molar-refractivity contribution in [3.63, 3.8) is 0 Å². The smallest absolute Gasteiger partial charge is 0.341 e. The van der Waals surface area contributed by atoms with Crippen LogP contribution in [-0.2, 0) is 4.74 Å². The SMILES string of the molecule is CCCCCCCCCCCCCCCCCCOc1ccc(C(=O)OC)c(O)c1. The van der Waals surface area contributed by atoms with Gasteiger partial charge in [0.05, 0.1) is 13.7 Å². The van der Waals surface area contributed by atoms with E-state index in [4.69, 9.17) is 4.74 Å². The van der Waals surface area contributed by atoms with E-state index >= 15 is 0 Å². The van der Waals surface area contributed by atoms with Gasteiger partial charge >= 0.3 is 5.97 Å². The number of phenols is 1. The average Bonchev–Trinajstić information content (AvgIpc) is 2.75. The number of aromatic hydroxyl groups is 1. The summed E-state index contributed by atoms with van der Waals surface area (Å²) < 4.78 is 10.3. The maximum atomic E-state index is 11.4. The van der Waals surface area contributed by atoms with Crippen LogP contribution in [-0.4, -0.2) is 24.8 Å². The van der Waals surface area contributed by atoms with Gasteiger partial charge in [-0.05, 0) is 18.6 Å². The zero-order valence-electron chi connectivity index (χ0n) is 19.4. The molecule has 0 spiro atoms. The number of esters is 1. The molecule has 0 bridgehead atoms. The molecule has 0 amide bonds. The lowest BCUT2D eigenvalue weighted by molar-refractivity contribution is 0.0597. The lowest BCUT2D eigenvalue weighted by atomic mass is 10.0. The fourth-order valence-corrected chi connectivity index (χ4v) is 3.72. The fourth-order valence-electron chi connectivity index (χ4n) is 3.72. The number of rotatable bonds is 19. The Bertz CT molecular complexity index is 556. The first kappa shape index (κ1) is 26.3. The molecule has 0 atom stereocenters. The first-order valence-electron chi connectivity index (χ1n) is 12.2. The number of hydrogen-bond acceptors (Lipinski definition) is 4. The summed E-state index contributed by atoms with van der Waals surface area (Å²) in [5, 5.41) is 9.86. The second-order valence-corrected chi connectivity index (χ2v) is 8.32. The summed E-state index contributed by atoms with van der Waals surface area (Å²) >= 11 is 0.